The number of amides is 1. The number of nitrogens with zero attached hydrogens (tertiary/aromatic N) is 1. The van der Waals surface area contributed by atoms with Crippen LogP contribution in [0.5, 0.6) is 0 Å². The van der Waals surface area contributed by atoms with E-state index in [4.69, 9.17) is 23.2 Å². The molecule has 2 aromatic carbocycles. The molecule has 0 atom stereocenters. The lowest BCUT2D eigenvalue weighted by Gasteiger charge is -2.08. The summed E-state index contributed by atoms with van der Waals surface area (Å²) in [5, 5.41) is 3.69. The van der Waals surface area contributed by atoms with Crippen LogP contribution in [0.3, 0.4) is 0 Å². The van der Waals surface area contributed by atoms with Gasteiger partial charge in [-0.05, 0) is 42.8 Å². The fourth-order valence-electron chi connectivity index (χ4n) is 2.38. The molecular weight excluding hydrogens is 343 g/mol. The SMILES string of the molecule is Cc1ccccc1-c1ccc(C(=O)Nc2cc(Cl)cc(Cl)c2)cn1. The van der Waals surface area contributed by atoms with E-state index >= 15 is 0 Å². The van der Waals surface area contributed by atoms with Gasteiger partial charge in [0.05, 0.1) is 11.3 Å². The van der Waals surface area contributed by atoms with Gasteiger partial charge in [0.15, 0.2) is 0 Å². The van der Waals surface area contributed by atoms with E-state index in [0.29, 0.717) is 21.3 Å². The molecule has 5 heteroatoms. The summed E-state index contributed by atoms with van der Waals surface area (Å²) < 4.78 is 0. The van der Waals surface area contributed by atoms with Crippen LogP contribution in [0.15, 0.2) is 60.8 Å². The van der Waals surface area contributed by atoms with Crippen molar-refractivity contribution in [1.29, 1.82) is 0 Å². The number of anilines is 1. The molecule has 24 heavy (non-hydrogen) atoms. The lowest BCUT2D eigenvalue weighted by Crippen LogP contribution is -2.12. The predicted octanol–water partition coefficient (Wildman–Crippen LogP) is 5.62. The highest BCUT2D eigenvalue weighted by atomic mass is 35.5. The molecule has 0 aliphatic rings. The third kappa shape index (κ3) is 3.75. The fraction of sp³-hybridized carbons (Fsp3) is 0.0526. The van der Waals surface area contributed by atoms with Gasteiger partial charge in [-0.2, -0.15) is 0 Å². The molecule has 0 fully saturated rings. The number of halogens is 2. The van der Waals surface area contributed by atoms with E-state index in [1.165, 1.54) is 0 Å². The van der Waals surface area contributed by atoms with Crippen molar-refractivity contribution in [3.8, 4) is 11.3 Å². The van der Waals surface area contributed by atoms with Crippen LogP contribution in [0.25, 0.3) is 11.3 Å². The van der Waals surface area contributed by atoms with Crippen molar-refractivity contribution in [3.63, 3.8) is 0 Å². The summed E-state index contributed by atoms with van der Waals surface area (Å²) in [6, 6.07) is 16.5. The number of hydrogen-bond acceptors (Lipinski definition) is 2. The molecule has 0 saturated carbocycles. The van der Waals surface area contributed by atoms with Crippen LogP contribution in [0.1, 0.15) is 15.9 Å². The van der Waals surface area contributed by atoms with Crippen LogP contribution in [-0.2, 0) is 0 Å². The maximum atomic E-state index is 12.3. The summed E-state index contributed by atoms with van der Waals surface area (Å²) in [5.74, 6) is -0.267. The summed E-state index contributed by atoms with van der Waals surface area (Å²) in [4.78, 5) is 16.7. The Morgan fingerprint density at radius 2 is 1.71 bits per heavy atom. The smallest absolute Gasteiger partial charge is 0.257 e. The van der Waals surface area contributed by atoms with Crippen molar-refractivity contribution in [3.05, 3.63) is 82.0 Å². The van der Waals surface area contributed by atoms with Crippen molar-refractivity contribution in [2.75, 3.05) is 5.32 Å². The van der Waals surface area contributed by atoms with Crippen LogP contribution in [0, 0.1) is 6.92 Å². The second kappa shape index (κ2) is 7.04. The van der Waals surface area contributed by atoms with Gasteiger partial charge in [0.2, 0.25) is 0 Å². The van der Waals surface area contributed by atoms with Crippen molar-refractivity contribution in [2.24, 2.45) is 0 Å². The molecule has 0 aliphatic heterocycles. The van der Waals surface area contributed by atoms with E-state index in [-0.39, 0.29) is 5.91 Å². The van der Waals surface area contributed by atoms with Gasteiger partial charge in [0.1, 0.15) is 0 Å². The minimum absolute atomic E-state index is 0.267. The largest absolute Gasteiger partial charge is 0.322 e. The minimum atomic E-state index is -0.267. The lowest BCUT2D eigenvalue weighted by molar-refractivity contribution is 0.102. The predicted molar refractivity (Wildman–Crippen MR) is 98.8 cm³/mol. The number of rotatable bonds is 3. The number of carbonyl (C=O) groups is 1. The molecule has 1 N–H and O–H groups in total. The number of nitrogens with one attached hydrogen (secondary N) is 1. The summed E-state index contributed by atoms with van der Waals surface area (Å²) >= 11 is 11.9. The Balaban J connectivity index is 1.80. The molecule has 0 radical (unpaired) electrons. The maximum Gasteiger partial charge on any atom is 0.257 e. The van der Waals surface area contributed by atoms with Gasteiger partial charge in [0.25, 0.3) is 5.91 Å². The topological polar surface area (TPSA) is 42.0 Å². The van der Waals surface area contributed by atoms with Crippen molar-refractivity contribution < 1.29 is 4.79 Å². The number of benzene rings is 2. The molecule has 0 spiro atoms. The van der Waals surface area contributed by atoms with Crippen LogP contribution < -0.4 is 5.32 Å². The second-order valence-corrected chi connectivity index (χ2v) is 6.23. The fourth-order valence-corrected chi connectivity index (χ4v) is 2.90. The van der Waals surface area contributed by atoms with Gasteiger partial charge >= 0.3 is 0 Å². The van der Waals surface area contributed by atoms with E-state index in [1.54, 1.807) is 30.5 Å². The highest BCUT2D eigenvalue weighted by Gasteiger charge is 2.09. The van der Waals surface area contributed by atoms with Crippen LogP contribution in [0.4, 0.5) is 5.69 Å². The molecule has 1 aromatic heterocycles. The van der Waals surface area contributed by atoms with Crippen molar-refractivity contribution in [2.45, 2.75) is 6.92 Å². The van der Waals surface area contributed by atoms with Crippen LogP contribution in [-0.4, -0.2) is 10.9 Å². The summed E-state index contributed by atoms with van der Waals surface area (Å²) in [6.45, 7) is 2.03. The highest BCUT2D eigenvalue weighted by Crippen LogP contribution is 2.24. The molecule has 3 nitrogen and oxygen atoms in total. The normalized spacial score (nSPS) is 10.5. The summed E-state index contributed by atoms with van der Waals surface area (Å²) in [6.07, 6.45) is 1.56. The molecule has 0 aliphatic carbocycles. The number of pyridine rings is 1. The Kier molecular flexibility index (Phi) is 4.84. The number of aromatic nitrogens is 1. The quantitative estimate of drug-likeness (QED) is 0.661. The number of carbonyl (C=O) groups excluding carboxylic acids is 1. The Labute approximate surface area is 150 Å². The molecule has 0 unspecified atom stereocenters. The second-order valence-electron chi connectivity index (χ2n) is 5.36. The Bertz CT molecular complexity index is 872. The zero-order valence-electron chi connectivity index (χ0n) is 12.9. The third-order valence-electron chi connectivity index (χ3n) is 3.57. The molecule has 120 valence electrons. The monoisotopic (exact) mass is 356 g/mol. The van der Waals surface area contributed by atoms with Gasteiger partial charge in [-0.25, -0.2) is 0 Å². The molecular formula is C19H14Cl2N2O. The Morgan fingerprint density at radius 1 is 1.00 bits per heavy atom. The van der Waals surface area contributed by atoms with Gasteiger partial charge in [-0.1, -0.05) is 47.5 Å². The zero-order valence-corrected chi connectivity index (χ0v) is 14.4. The molecule has 1 heterocycles. The first-order valence-corrected chi connectivity index (χ1v) is 8.08. The van der Waals surface area contributed by atoms with Crippen LogP contribution >= 0.6 is 23.2 Å². The molecule has 1 amide bonds. The van der Waals surface area contributed by atoms with E-state index in [9.17, 15) is 4.79 Å². The van der Waals surface area contributed by atoms with Gasteiger partial charge in [-0.3, -0.25) is 9.78 Å². The first kappa shape index (κ1) is 16.5. The minimum Gasteiger partial charge on any atom is -0.322 e. The molecule has 0 saturated heterocycles. The Hall–Kier alpha value is -2.36. The van der Waals surface area contributed by atoms with Crippen molar-refractivity contribution in [1.82, 2.24) is 4.98 Å². The zero-order chi connectivity index (χ0) is 17.1. The standard InChI is InChI=1S/C19H14Cl2N2O/c1-12-4-2-3-5-17(12)18-7-6-13(11-22-18)19(24)23-16-9-14(20)8-15(21)10-16/h2-11H,1H3,(H,23,24). The average Bonchev–Trinajstić information content (AvgIpc) is 2.54. The third-order valence-corrected chi connectivity index (χ3v) is 4.00. The number of hydrogen-bond donors (Lipinski definition) is 1. The van der Waals surface area contributed by atoms with E-state index in [0.717, 1.165) is 16.8 Å². The molecule has 3 aromatic rings. The Morgan fingerprint density at radius 3 is 2.33 bits per heavy atom. The lowest BCUT2D eigenvalue weighted by atomic mass is 10.0. The van der Waals surface area contributed by atoms with Crippen LogP contribution in [0.2, 0.25) is 10.0 Å². The number of aryl methyl sites for hydroxylation is 1. The first-order chi connectivity index (χ1) is 11.5. The first-order valence-electron chi connectivity index (χ1n) is 7.32. The maximum absolute atomic E-state index is 12.3. The average molecular weight is 357 g/mol. The van der Waals surface area contributed by atoms with E-state index in [2.05, 4.69) is 10.3 Å². The van der Waals surface area contributed by atoms with Gasteiger partial charge in [0, 0.05) is 27.5 Å². The van der Waals surface area contributed by atoms with Crippen molar-refractivity contribution >= 4 is 34.8 Å². The van der Waals surface area contributed by atoms with E-state index in [1.807, 2.05) is 37.3 Å². The van der Waals surface area contributed by atoms with Gasteiger partial charge < -0.3 is 5.32 Å². The van der Waals surface area contributed by atoms with E-state index < -0.39 is 0 Å². The summed E-state index contributed by atoms with van der Waals surface area (Å²) in [5.41, 5.74) is 4.02. The highest BCUT2D eigenvalue weighted by molar-refractivity contribution is 6.35. The molecule has 3 rings (SSSR count). The van der Waals surface area contributed by atoms with Gasteiger partial charge in [-0.15, -0.1) is 0 Å². The summed E-state index contributed by atoms with van der Waals surface area (Å²) in [7, 11) is 0. The molecule has 0 bridgehead atoms.